The minimum atomic E-state index is -0.465. The molecular formula is C18H18N2O2S2. The van der Waals surface area contributed by atoms with Gasteiger partial charge in [-0.25, -0.2) is 0 Å². The quantitative estimate of drug-likeness (QED) is 0.915. The molecule has 2 aliphatic rings. The van der Waals surface area contributed by atoms with Gasteiger partial charge in [0.25, 0.3) is 5.91 Å². The third kappa shape index (κ3) is 2.36. The molecular weight excluding hydrogens is 340 g/mol. The van der Waals surface area contributed by atoms with E-state index in [1.54, 1.807) is 28.0 Å². The van der Waals surface area contributed by atoms with Crippen LogP contribution in [0.15, 0.2) is 41.8 Å². The molecule has 6 heteroatoms. The van der Waals surface area contributed by atoms with Crippen molar-refractivity contribution in [2.45, 2.75) is 36.6 Å². The summed E-state index contributed by atoms with van der Waals surface area (Å²) in [4.78, 5) is 28.6. The van der Waals surface area contributed by atoms with E-state index in [1.165, 1.54) is 0 Å². The zero-order chi connectivity index (χ0) is 16.9. The Morgan fingerprint density at radius 3 is 2.79 bits per heavy atom. The summed E-state index contributed by atoms with van der Waals surface area (Å²) in [6.07, 6.45) is 0. The van der Waals surface area contributed by atoms with E-state index in [0.717, 1.165) is 16.0 Å². The highest BCUT2D eigenvalue weighted by Crippen LogP contribution is 2.56. The van der Waals surface area contributed by atoms with Crippen molar-refractivity contribution in [3.05, 3.63) is 57.8 Å². The van der Waals surface area contributed by atoms with Crippen molar-refractivity contribution < 1.29 is 9.59 Å². The molecule has 0 aliphatic carbocycles. The van der Waals surface area contributed by atoms with Crippen molar-refractivity contribution in [1.29, 1.82) is 0 Å². The number of nitrogens with zero attached hydrogens (tertiary/aromatic N) is 1. The van der Waals surface area contributed by atoms with E-state index < -0.39 is 6.04 Å². The van der Waals surface area contributed by atoms with Crippen LogP contribution in [0.3, 0.4) is 0 Å². The molecule has 2 atom stereocenters. The number of carbonyl (C=O) groups is 2. The van der Waals surface area contributed by atoms with E-state index in [9.17, 15) is 9.59 Å². The first-order chi connectivity index (χ1) is 11.5. The number of nitrogens with one attached hydrogen (secondary N) is 1. The first-order valence-corrected chi connectivity index (χ1v) is 9.64. The maximum atomic E-state index is 12.9. The van der Waals surface area contributed by atoms with Crippen molar-refractivity contribution in [3.63, 3.8) is 0 Å². The second kappa shape index (κ2) is 5.63. The minimum absolute atomic E-state index is 0.0371. The Balaban J connectivity index is 1.61. The van der Waals surface area contributed by atoms with E-state index in [0.29, 0.717) is 6.54 Å². The number of benzene rings is 1. The van der Waals surface area contributed by atoms with Crippen LogP contribution in [0.25, 0.3) is 0 Å². The number of hydrogen-bond acceptors (Lipinski definition) is 4. The maximum absolute atomic E-state index is 12.9. The lowest BCUT2D eigenvalue weighted by Crippen LogP contribution is -2.52. The topological polar surface area (TPSA) is 49.4 Å². The van der Waals surface area contributed by atoms with Crippen molar-refractivity contribution in [2.75, 3.05) is 0 Å². The predicted molar refractivity (Wildman–Crippen MR) is 97.0 cm³/mol. The lowest BCUT2D eigenvalue weighted by molar-refractivity contribution is -0.126. The van der Waals surface area contributed by atoms with Gasteiger partial charge in [0.2, 0.25) is 5.91 Å². The lowest BCUT2D eigenvalue weighted by atomic mass is 10.0. The fourth-order valence-electron chi connectivity index (χ4n) is 3.49. The summed E-state index contributed by atoms with van der Waals surface area (Å²) in [5.74, 6) is -0.116. The van der Waals surface area contributed by atoms with E-state index in [1.807, 2.05) is 55.6 Å². The molecule has 24 heavy (non-hydrogen) atoms. The largest absolute Gasteiger partial charge is 0.349 e. The average molecular weight is 358 g/mol. The minimum Gasteiger partial charge on any atom is -0.349 e. The molecule has 4 rings (SSSR count). The normalized spacial score (nSPS) is 23.9. The van der Waals surface area contributed by atoms with Crippen LogP contribution in [0.5, 0.6) is 0 Å². The van der Waals surface area contributed by atoms with Gasteiger partial charge in [-0.15, -0.1) is 23.1 Å². The summed E-state index contributed by atoms with van der Waals surface area (Å²) in [7, 11) is 0. The maximum Gasteiger partial charge on any atom is 0.256 e. The SMILES string of the molecule is CC1(C)S[C@@H]2c3ccccc3C(=O)N2[C@@H]1C(=O)NCc1cccs1. The fraction of sp³-hybridized carbons (Fsp3) is 0.333. The Morgan fingerprint density at radius 2 is 2.04 bits per heavy atom. The molecule has 0 spiro atoms. The molecule has 2 aliphatic heterocycles. The molecule has 0 saturated carbocycles. The monoisotopic (exact) mass is 358 g/mol. The summed E-state index contributed by atoms with van der Waals surface area (Å²) in [6, 6.07) is 11.2. The van der Waals surface area contributed by atoms with Crippen LogP contribution in [0.2, 0.25) is 0 Å². The Labute approximate surface area is 149 Å². The summed E-state index contributed by atoms with van der Waals surface area (Å²) in [5.41, 5.74) is 1.75. The predicted octanol–water partition coefficient (Wildman–Crippen LogP) is 3.41. The average Bonchev–Trinajstić information content (AvgIpc) is 3.22. The van der Waals surface area contributed by atoms with Gasteiger partial charge in [-0.2, -0.15) is 0 Å². The number of amides is 2. The van der Waals surface area contributed by atoms with Crippen LogP contribution in [-0.4, -0.2) is 27.5 Å². The number of rotatable bonds is 3. The van der Waals surface area contributed by atoms with Gasteiger partial charge >= 0.3 is 0 Å². The molecule has 1 aromatic heterocycles. The molecule has 3 heterocycles. The summed E-state index contributed by atoms with van der Waals surface area (Å²) < 4.78 is -0.326. The summed E-state index contributed by atoms with van der Waals surface area (Å²) in [5, 5.41) is 4.93. The van der Waals surface area contributed by atoms with Gasteiger partial charge in [-0.1, -0.05) is 24.3 Å². The van der Waals surface area contributed by atoms with Crippen LogP contribution < -0.4 is 5.32 Å². The summed E-state index contributed by atoms with van der Waals surface area (Å²) >= 11 is 3.31. The Bertz CT molecular complexity index is 801. The van der Waals surface area contributed by atoms with Crippen LogP contribution in [0.4, 0.5) is 0 Å². The van der Waals surface area contributed by atoms with Crippen molar-refractivity contribution >= 4 is 34.9 Å². The number of thioether (sulfide) groups is 1. The van der Waals surface area contributed by atoms with Gasteiger partial charge < -0.3 is 10.2 Å². The second-order valence-electron chi connectivity index (χ2n) is 6.57. The van der Waals surface area contributed by atoms with Gasteiger partial charge in [0.05, 0.1) is 6.54 Å². The Morgan fingerprint density at radius 1 is 1.25 bits per heavy atom. The molecule has 0 bridgehead atoms. The smallest absolute Gasteiger partial charge is 0.256 e. The van der Waals surface area contributed by atoms with E-state index in [2.05, 4.69) is 5.32 Å². The zero-order valence-corrected chi connectivity index (χ0v) is 15.1. The third-order valence-corrected chi connectivity index (χ3v) is 6.97. The van der Waals surface area contributed by atoms with Crippen LogP contribution in [0.1, 0.15) is 40.0 Å². The van der Waals surface area contributed by atoms with E-state index in [-0.39, 0.29) is 21.9 Å². The fourth-order valence-corrected chi connectivity index (χ4v) is 5.72. The Kier molecular flexibility index (Phi) is 3.69. The van der Waals surface area contributed by atoms with E-state index >= 15 is 0 Å². The number of hydrogen-bond donors (Lipinski definition) is 1. The molecule has 1 aromatic carbocycles. The number of carbonyl (C=O) groups excluding carboxylic acids is 2. The molecule has 0 radical (unpaired) electrons. The number of thiophene rings is 1. The highest BCUT2D eigenvalue weighted by Gasteiger charge is 2.57. The zero-order valence-electron chi connectivity index (χ0n) is 13.5. The van der Waals surface area contributed by atoms with Crippen LogP contribution in [0, 0.1) is 0 Å². The lowest BCUT2D eigenvalue weighted by Gasteiger charge is -2.29. The highest BCUT2D eigenvalue weighted by molar-refractivity contribution is 8.01. The highest BCUT2D eigenvalue weighted by atomic mass is 32.2. The first kappa shape index (κ1) is 15.7. The molecule has 2 amide bonds. The first-order valence-electron chi connectivity index (χ1n) is 7.88. The molecule has 4 nitrogen and oxygen atoms in total. The van der Waals surface area contributed by atoms with Gasteiger partial charge in [0.15, 0.2) is 0 Å². The van der Waals surface area contributed by atoms with Crippen molar-refractivity contribution in [1.82, 2.24) is 10.2 Å². The van der Waals surface area contributed by atoms with Gasteiger partial charge in [0, 0.05) is 15.2 Å². The van der Waals surface area contributed by atoms with Gasteiger partial charge in [0.1, 0.15) is 11.4 Å². The standard InChI is InChI=1S/C18H18N2O2S2/c1-18(2)14(15(21)19-10-11-6-5-9-23-11)20-16(22)12-7-3-4-8-13(12)17(20)24-18/h3-9,14,17H,10H2,1-2H3,(H,19,21)/t14-,17-/m1/s1. The van der Waals surface area contributed by atoms with Gasteiger partial charge in [-0.05, 0) is 36.9 Å². The van der Waals surface area contributed by atoms with Crippen molar-refractivity contribution in [2.24, 2.45) is 0 Å². The molecule has 2 aromatic rings. The molecule has 0 unspecified atom stereocenters. The van der Waals surface area contributed by atoms with Crippen LogP contribution in [-0.2, 0) is 11.3 Å². The molecule has 1 saturated heterocycles. The van der Waals surface area contributed by atoms with Crippen molar-refractivity contribution in [3.8, 4) is 0 Å². The summed E-state index contributed by atoms with van der Waals surface area (Å²) in [6.45, 7) is 4.59. The number of fused-ring (bicyclic) bond motifs is 3. The van der Waals surface area contributed by atoms with E-state index in [4.69, 9.17) is 0 Å². The second-order valence-corrected chi connectivity index (χ2v) is 9.34. The molecule has 1 fully saturated rings. The molecule has 1 N–H and O–H groups in total. The third-order valence-electron chi connectivity index (χ3n) is 4.56. The van der Waals surface area contributed by atoms with Crippen LogP contribution >= 0.6 is 23.1 Å². The van der Waals surface area contributed by atoms with Gasteiger partial charge in [-0.3, -0.25) is 9.59 Å². The molecule has 124 valence electrons. The Hall–Kier alpha value is -1.79.